The van der Waals surface area contributed by atoms with E-state index in [2.05, 4.69) is 0 Å². The zero-order chi connectivity index (χ0) is 36.3. The van der Waals surface area contributed by atoms with Crippen molar-refractivity contribution in [3.05, 3.63) is 58.7 Å². The summed E-state index contributed by atoms with van der Waals surface area (Å²) in [5.41, 5.74) is 8.30. The van der Waals surface area contributed by atoms with Crippen LogP contribution < -0.4 is 20.1 Å². The van der Waals surface area contributed by atoms with E-state index in [0.29, 0.717) is 12.8 Å². The van der Waals surface area contributed by atoms with E-state index in [0.717, 1.165) is 32.9 Å². The summed E-state index contributed by atoms with van der Waals surface area (Å²) >= 11 is 0. The number of rotatable bonds is 2. The molecule has 0 unspecified atom stereocenters. The van der Waals surface area contributed by atoms with Gasteiger partial charge in [0.1, 0.15) is 10.5 Å². The lowest BCUT2D eigenvalue weighted by atomic mass is 9.85. The molecule has 0 spiro atoms. The van der Waals surface area contributed by atoms with Crippen LogP contribution in [-0.4, -0.2) is 76.9 Å². The van der Waals surface area contributed by atoms with E-state index in [1.165, 1.54) is 24.3 Å². The van der Waals surface area contributed by atoms with Crippen LogP contribution in [0, 0.1) is 34.5 Å². The van der Waals surface area contributed by atoms with E-state index in [1.807, 2.05) is 0 Å². The van der Waals surface area contributed by atoms with E-state index >= 15 is 0 Å². The normalized spacial score (nSPS) is 35.6. The van der Waals surface area contributed by atoms with Gasteiger partial charge < -0.3 is 20.9 Å². The van der Waals surface area contributed by atoms with Gasteiger partial charge in [0, 0.05) is 37.0 Å². The zero-order valence-electron chi connectivity index (χ0n) is 25.5. The van der Waals surface area contributed by atoms with Crippen molar-refractivity contribution < 1.29 is 52.7 Å². The van der Waals surface area contributed by atoms with Crippen molar-refractivity contribution in [2.75, 3.05) is 21.7 Å². The molecule has 0 aliphatic carbocycles. The van der Waals surface area contributed by atoms with E-state index in [9.17, 15) is 43.2 Å². The minimum Gasteiger partial charge on any atom is -0.371 e. The molecular weight excluding hydrogens is 718 g/mol. The maximum absolute atomic E-state index is 13.2. The molecule has 4 bridgehead atoms. The number of alkyl halides is 6. The fourth-order valence-corrected chi connectivity index (χ4v) is 13.0. The van der Waals surface area contributed by atoms with Gasteiger partial charge in [-0.2, -0.15) is 36.9 Å². The number of nitrogens with zero attached hydrogens (tertiary/aromatic N) is 4. The van der Waals surface area contributed by atoms with Crippen LogP contribution in [0.2, 0.25) is 0 Å². The highest BCUT2D eigenvalue weighted by atomic mass is 32.2. The Morgan fingerprint density at radius 2 is 1.12 bits per heavy atom. The first-order valence-electron chi connectivity index (χ1n) is 15.4. The molecule has 268 valence electrons. The quantitative estimate of drug-likeness (QED) is 0.432. The van der Waals surface area contributed by atoms with Gasteiger partial charge in [-0.3, -0.25) is 8.61 Å². The third-order valence-corrected chi connectivity index (χ3v) is 15.0. The highest BCUT2D eigenvalue weighted by Crippen LogP contribution is 2.50. The number of fused-ring (bicyclic) bond motifs is 10. The molecule has 6 aliphatic rings. The fraction of sp³-hybridized carbons (Fsp3) is 0.533. The monoisotopic (exact) mass is 746 g/mol. The molecule has 2 aromatic rings. The van der Waals surface area contributed by atoms with Crippen LogP contribution in [0.1, 0.15) is 35.1 Å². The maximum atomic E-state index is 13.2. The van der Waals surface area contributed by atoms with Gasteiger partial charge in [0.2, 0.25) is 20.0 Å². The van der Waals surface area contributed by atoms with Gasteiger partial charge >= 0.3 is 12.4 Å². The van der Waals surface area contributed by atoms with Crippen LogP contribution >= 0.6 is 0 Å². The summed E-state index contributed by atoms with van der Waals surface area (Å²) in [5.74, 6) is -0.663. The molecule has 12 nitrogen and oxygen atoms in total. The van der Waals surface area contributed by atoms with Crippen molar-refractivity contribution in [1.29, 1.82) is 10.5 Å². The largest absolute Gasteiger partial charge is 0.417 e. The Hall–Kier alpha value is -3.66. The summed E-state index contributed by atoms with van der Waals surface area (Å²) in [6, 6.07) is 8.24. The molecule has 0 saturated carbocycles. The number of ether oxygens (including phenoxy) is 2. The zero-order valence-corrected chi connectivity index (χ0v) is 27.2. The first-order chi connectivity index (χ1) is 23.3. The van der Waals surface area contributed by atoms with Gasteiger partial charge in [-0.25, -0.2) is 16.8 Å². The van der Waals surface area contributed by atoms with Gasteiger partial charge in [0.05, 0.1) is 70.2 Å². The second kappa shape index (κ2) is 11.4. The van der Waals surface area contributed by atoms with Crippen LogP contribution in [-0.2, 0) is 41.9 Å². The molecule has 0 radical (unpaired) electrons. The van der Waals surface area contributed by atoms with Crippen LogP contribution in [0.5, 0.6) is 0 Å². The van der Waals surface area contributed by atoms with Gasteiger partial charge in [0.15, 0.2) is 0 Å². The molecular formula is C30H28F6N6O6S2. The number of hydrogen-bond donors (Lipinski definition) is 2. The molecule has 0 amide bonds. The van der Waals surface area contributed by atoms with Gasteiger partial charge in [-0.05, 0) is 49.2 Å². The number of halogens is 6. The Bertz CT molecular complexity index is 1980. The van der Waals surface area contributed by atoms with E-state index in [-0.39, 0.29) is 54.5 Å². The van der Waals surface area contributed by atoms with Gasteiger partial charge in [0.25, 0.3) is 0 Å². The summed E-state index contributed by atoms with van der Waals surface area (Å²) in [5, 5.41) is 16.1. The van der Waals surface area contributed by atoms with Crippen molar-refractivity contribution in [3.63, 3.8) is 0 Å². The Morgan fingerprint density at radius 3 is 1.62 bits per heavy atom. The molecule has 4 N–H and O–H groups in total. The minimum absolute atomic E-state index is 0.0328. The first kappa shape index (κ1) is 34.8. The number of hydrogen-bond acceptors (Lipinski definition) is 10. The van der Waals surface area contributed by atoms with Crippen molar-refractivity contribution in [1.82, 2.24) is 0 Å². The predicted molar refractivity (Wildman–Crippen MR) is 162 cm³/mol. The van der Waals surface area contributed by atoms with Crippen molar-refractivity contribution in [2.24, 2.45) is 23.3 Å². The number of nitrogens with two attached hydrogens (primary N) is 2. The van der Waals surface area contributed by atoms with Gasteiger partial charge in [-0.1, -0.05) is 0 Å². The van der Waals surface area contributed by atoms with Crippen LogP contribution in [0.4, 0.5) is 37.7 Å². The number of nitriles is 2. The summed E-state index contributed by atoms with van der Waals surface area (Å²) < 4.78 is 144. The van der Waals surface area contributed by atoms with Crippen LogP contribution in [0.3, 0.4) is 0 Å². The summed E-state index contributed by atoms with van der Waals surface area (Å²) in [6.45, 7) is 0.0924. The Morgan fingerprint density at radius 1 is 0.680 bits per heavy atom. The molecule has 6 saturated heterocycles. The van der Waals surface area contributed by atoms with Crippen LogP contribution in [0.25, 0.3) is 0 Å². The number of benzene rings is 2. The summed E-state index contributed by atoms with van der Waals surface area (Å²) in [7, 11) is -7.74. The Balaban J connectivity index is 0.000000157. The first-order valence-corrected chi connectivity index (χ1v) is 18.4. The minimum atomic E-state index is -4.75. The lowest BCUT2D eigenvalue weighted by Gasteiger charge is -2.24. The van der Waals surface area contributed by atoms with Gasteiger partial charge in [-0.15, -0.1) is 0 Å². The van der Waals surface area contributed by atoms with E-state index in [1.54, 1.807) is 0 Å². The Kier molecular flexibility index (Phi) is 7.94. The molecule has 6 fully saturated rings. The van der Waals surface area contributed by atoms with Crippen molar-refractivity contribution >= 4 is 31.4 Å². The third kappa shape index (κ3) is 5.22. The van der Waals surface area contributed by atoms with E-state index in [4.69, 9.17) is 31.5 Å². The highest BCUT2D eigenvalue weighted by Gasteiger charge is 2.65. The molecule has 6 heterocycles. The third-order valence-electron chi connectivity index (χ3n) is 10.4. The molecule has 10 atom stereocenters. The molecule has 6 aliphatic heterocycles. The topological polar surface area (TPSA) is 193 Å². The predicted octanol–water partition coefficient (Wildman–Crippen LogP) is 2.42. The average molecular weight is 747 g/mol. The molecule has 2 aromatic carbocycles. The molecule has 50 heavy (non-hydrogen) atoms. The van der Waals surface area contributed by atoms with Crippen molar-refractivity contribution in [3.8, 4) is 12.1 Å². The van der Waals surface area contributed by atoms with E-state index < -0.39 is 83.5 Å². The second-order valence-corrected chi connectivity index (χ2v) is 17.2. The highest BCUT2D eigenvalue weighted by molar-refractivity contribution is 7.94. The smallest absolute Gasteiger partial charge is 0.371 e. The number of anilines is 2. The lowest BCUT2D eigenvalue weighted by molar-refractivity contribution is -0.138. The second-order valence-electron chi connectivity index (χ2n) is 13.2. The molecule has 0 aromatic heterocycles. The standard InChI is InChI=1S/2C15H14F3N3O3S/c16-15(17,18)10-3-8(2-1-7(10)5-19)21-6-9-13-11(20)4-12(24-13)14(9)25(21,22)23;16-15(17,18)10-3-8(2-1-7(10)5-19)21-6-9-12-4-11(20)13(24-12)14(9)25(21,22)23/h2*1-3,9,11-14H,4,6,20H2/t9-,11+,12-,13-,14-;9-,11-,12+,13-,14-/m00/s1. The molecule has 8 rings (SSSR count). The average Bonchev–Trinajstić information content (AvgIpc) is 3.86. The Labute approximate surface area is 282 Å². The molecule has 20 heteroatoms. The summed E-state index contributed by atoms with van der Waals surface area (Å²) in [6.07, 6.45) is -10.3. The summed E-state index contributed by atoms with van der Waals surface area (Å²) in [4.78, 5) is 0. The van der Waals surface area contributed by atoms with Crippen molar-refractivity contribution in [2.45, 2.75) is 72.2 Å². The number of sulfonamides is 2. The maximum Gasteiger partial charge on any atom is 0.417 e. The SMILES string of the molecule is N#Cc1ccc(N2C[C@@H]3[C@@H]([C@H]4O[C@@H]3C[C@@H]4N)S2(=O)=O)cc1C(F)(F)F.N#Cc1ccc(N2C[C@H]3[C@@H]4O[C@@H](C[C@H]4N)[C@H]3S2(=O)=O)cc1C(F)(F)F. The lowest BCUT2D eigenvalue weighted by Crippen LogP contribution is -2.46. The van der Waals surface area contributed by atoms with Crippen LogP contribution in [0.15, 0.2) is 36.4 Å². The fourth-order valence-electron chi connectivity index (χ4n) is 8.33.